The van der Waals surface area contributed by atoms with Crippen molar-refractivity contribution in [2.24, 2.45) is 0 Å². The van der Waals surface area contributed by atoms with Gasteiger partial charge < -0.3 is 4.74 Å². The van der Waals surface area contributed by atoms with Crippen molar-refractivity contribution in [1.29, 1.82) is 0 Å². The Hall–Kier alpha value is -0.290. The second kappa shape index (κ2) is 7.06. The summed E-state index contributed by atoms with van der Waals surface area (Å²) in [6, 6.07) is 0. The fourth-order valence-electron chi connectivity index (χ4n) is 0.999. The highest BCUT2D eigenvalue weighted by molar-refractivity contribution is 8.13. The van der Waals surface area contributed by atoms with Crippen molar-refractivity contribution in [2.75, 3.05) is 12.9 Å². The molecule has 0 aromatic carbocycles. The largest absolute Gasteiger partial charge is 0.469 e. The molecule has 14 heavy (non-hydrogen) atoms. The lowest BCUT2D eigenvalue weighted by Crippen LogP contribution is -2.00. The summed E-state index contributed by atoms with van der Waals surface area (Å²) in [5.74, 6) is -0.220. The van der Waals surface area contributed by atoms with Crippen molar-refractivity contribution in [3.05, 3.63) is 0 Å². The molecule has 0 heterocycles. The van der Waals surface area contributed by atoms with Gasteiger partial charge in [0, 0.05) is 17.1 Å². The molecule has 0 aliphatic rings. The van der Waals surface area contributed by atoms with Gasteiger partial charge in [-0.05, 0) is 12.8 Å². The fraction of sp³-hybridized carbons (Fsp3) is 0.875. The predicted molar refractivity (Wildman–Crippen MR) is 54.7 cm³/mol. The van der Waals surface area contributed by atoms with E-state index in [2.05, 4.69) is 4.74 Å². The minimum Gasteiger partial charge on any atom is -0.469 e. The van der Waals surface area contributed by atoms with Gasteiger partial charge in [-0.15, -0.1) is 0 Å². The smallest absolute Gasteiger partial charge is 0.305 e. The van der Waals surface area contributed by atoms with Crippen LogP contribution in [0.4, 0.5) is 0 Å². The molecular weight excluding hydrogens is 228 g/mol. The number of unbranched alkanes of at least 4 members (excludes halogenated alkanes) is 3. The van der Waals surface area contributed by atoms with E-state index < -0.39 is 9.05 Å². The molecule has 0 saturated carbocycles. The highest BCUT2D eigenvalue weighted by atomic mass is 35.7. The van der Waals surface area contributed by atoms with Crippen LogP contribution in [-0.2, 0) is 18.6 Å². The molecule has 0 rings (SSSR count). The van der Waals surface area contributed by atoms with Crippen LogP contribution in [0.25, 0.3) is 0 Å². The average molecular weight is 243 g/mol. The quantitative estimate of drug-likeness (QED) is 0.387. The van der Waals surface area contributed by atoms with E-state index in [9.17, 15) is 13.2 Å². The third kappa shape index (κ3) is 9.80. The van der Waals surface area contributed by atoms with E-state index >= 15 is 0 Å². The first-order valence-corrected chi connectivity index (χ1v) is 6.92. The molecule has 0 aliphatic carbocycles. The Morgan fingerprint density at radius 3 is 2.29 bits per heavy atom. The van der Waals surface area contributed by atoms with Crippen molar-refractivity contribution in [2.45, 2.75) is 32.1 Å². The van der Waals surface area contributed by atoms with Crippen molar-refractivity contribution in [3.63, 3.8) is 0 Å². The van der Waals surface area contributed by atoms with Crippen LogP contribution in [0.5, 0.6) is 0 Å². The van der Waals surface area contributed by atoms with Gasteiger partial charge in [0.15, 0.2) is 0 Å². The molecule has 0 atom stereocenters. The van der Waals surface area contributed by atoms with E-state index in [4.69, 9.17) is 10.7 Å². The summed E-state index contributed by atoms with van der Waals surface area (Å²) in [5, 5.41) is 0. The number of esters is 1. The second-order valence-corrected chi connectivity index (χ2v) is 5.88. The normalized spacial score (nSPS) is 11.3. The summed E-state index contributed by atoms with van der Waals surface area (Å²) < 4.78 is 25.5. The van der Waals surface area contributed by atoms with E-state index in [0.29, 0.717) is 12.8 Å². The van der Waals surface area contributed by atoms with Crippen LogP contribution in [0.1, 0.15) is 32.1 Å². The van der Waals surface area contributed by atoms with E-state index in [-0.39, 0.29) is 11.7 Å². The maximum absolute atomic E-state index is 10.7. The Morgan fingerprint density at radius 1 is 1.21 bits per heavy atom. The molecule has 0 saturated heterocycles. The summed E-state index contributed by atoms with van der Waals surface area (Å²) in [5.41, 5.74) is 0. The van der Waals surface area contributed by atoms with Gasteiger partial charge in [-0.2, -0.15) is 0 Å². The molecule has 0 aliphatic heterocycles. The standard InChI is InChI=1S/C8H15ClO4S/c1-13-8(10)6-4-2-3-5-7-14(9,11)12/h2-7H2,1H3. The summed E-state index contributed by atoms with van der Waals surface area (Å²) in [4.78, 5) is 10.7. The number of hydrogen-bond acceptors (Lipinski definition) is 4. The highest BCUT2D eigenvalue weighted by Gasteiger charge is 2.04. The molecule has 0 unspecified atom stereocenters. The molecule has 0 aromatic rings. The van der Waals surface area contributed by atoms with Crippen molar-refractivity contribution in [1.82, 2.24) is 0 Å². The third-order valence-corrected chi connectivity index (χ3v) is 2.99. The first kappa shape index (κ1) is 13.7. The Bertz CT molecular complexity index is 261. The second-order valence-electron chi connectivity index (χ2n) is 2.98. The molecule has 6 heteroatoms. The Morgan fingerprint density at radius 2 is 1.79 bits per heavy atom. The predicted octanol–water partition coefficient (Wildman–Crippen LogP) is 1.68. The Kier molecular flexibility index (Phi) is 6.92. The van der Waals surface area contributed by atoms with Gasteiger partial charge in [-0.3, -0.25) is 4.79 Å². The lowest BCUT2D eigenvalue weighted by atomic mass is 10.2. The van der Waals surface area contributed by atoms with E-state index in [0.717, 1.165) is 19.3 Å². The molecular formula is C8H15ClO4S. The Balaban J connectivity index is 3.27. The lowest BCUT2D eigenvalue weighted by molar-refractivity contribution is -0.140. The average Bonchev–Trinajstić information content (AvgIpc) is 2.08. The van der Waals surface area contributed by atoms with Crippen LogP contribution in [-0.4, -0.2) is 27.2 Å². The first-order valence-electron chi connectivity index (χ1n) is 4.45. The molecule has 0 bridgehead atoms. The highest BCUT2D eigenvalue weighted by Crippen LogP contribution is 2.07. The maximum Gasteiger partial charge on any atom is 0.305 e. The fourth-order valence-corrected chi connectivity index (χ4v) is 1.88. The molecule has 0 aromatic heterocycles. The Labute approximate surface area is 89.0 Å². The maximum atomic E-state index is 10.7. The van der Waals surface area contributed by atoms with Gasteiger partial charge in [0.05, 0.1) is 12.9 Å². The lowest BCUT2D eigenvalue weighted by Gasteiger charge is -1.99. The zero-order chi connectivity index (χ0) is 11.0. The van der Waals surface area contributed by atoms with Gasteiger partial charge in [-0.25, -0.2) is 8.42 Å². The number of carbonyl (C=O) groups is 1. The van der Waals surface area contributed by atoms with Gasteiger partial charge in [-0.1, -0.05) is 12.8 Å². The van der Waals surface area contributed by atoms with Gasteiger partial charge >= 0.3 is 5.97 Å². The van der Waals surface area contributed by atoms with Gasteiger partial charge in [0.25, 0.3) is 0 Å². The van der Waals surface area contributed by atoms with Gasteiger partial charge in [0.2, 0.25) is 9.05 Å². The van der Waals surface area contributed by atoms with Crippen LogP contribution in [0.15, 0.2) is 0 Å². The summed E-state index contributed by atoms with van der Waals surface area (Å²) >= 11 is 0. The van der Waals surface area contributed by atoms with Crippen molar-refractivity contribution >= 4 is 25.7 Å². The minimum absolute atomic E-state index is 0.00673. The molecule has 84 valence electrons. The van der Waals surface area contributed by atoms with Crippen LogP contribution >= 0.6 is 10.7 Å². The van der Waals surface area contributed by atoms with Crippen LogP contribution in [0, 0.1) is 0 Å². The SMILES string of the molecule is COC(=O)CCCCCCS(=O)(=O)Cl. The van der Waals surface area contributed by atoms with Crippen molar-refractivity contribution in [3.8, 4) is 0 Å². The number of halogens is 1. The molecule has 0 amide bonds. The van der Waals surface area contributed by atoms with E-state index in [1.54, 1.807) is 0 Å². The van der Waals surface area contributed by atoms with Crippen LogP contribution in [0.2, 0.25) is 0 Å². The molecule has 0 N–H and O–H groups in total. The molecule has 0 spiro atoms. The first-order chi connectivity index (χ1) is 6.45. The van der Waals surface area contributed by atoms with E-state index in [1.807, 2.05) is 0 Å². The molecule has 0 radical (unpaired) electrons. The summed E-state index contributed by atoms with van der Waals surface area (Å²) in [6.45, 7) is 0. The number of ether oxygens (including phenoxy) is 1. The number of rotatable bonds is 7. The number of hydrogen-bond donors (Lipinski definition) is 0. The topological polar surface area (TPSA) is 60.4 Å². The summed E-state index contributed by atoms with van der Waals surface area (Å²) in [7, 11) is 3.01. The molecule has 0 fully saturated rings. The zero-order valence-electron chi connectivity index (χ0n) is 8.16. The van der Waals surface area contributed by atoms with Gasteiger partial charge in [0.1, 0.15) is 0 Å². The minimum atomic E-state index is -3.35. The van der Waals surface area contributed by atoms with Crippen molar-refractivity contribution < 1.29 is 17.9 Å². The van der Waals surface area contributed by atoms with Crippen LogP contribution in [0.3, 0.4) is 0 Å². The summed E-state index contributed by atoms with van der Waals surface area (Å²) in [6.07, 6.45) is 3.26. The number of methoxy groups -OCH3 is 1. The van der Waals surface area contributed by atoms with Crippen LogP contribution < -0.4 is 0 Å². The third-order valence-electron chi connectivity index (χ3n) is 1.75. The molecule has 4 nitrogen and oxygen atoms in total. The monoisotopic (exact) mass is 242 g/mol. The number of carbonyl (C=O) groups excluding carboxylic acids is 1. The zero-order valence-corrected chi connectivity index (χ0v) is 9.73. The van der Waals surface area contributed by atoms with E-state index in [1.165, 1.54) is 7.11 Å².